The standard InChI is InChI=1S/C73H136O6/c1-4-7-10-13-16-19-22-25-28-31-33-34-35-36-37-38-39-40-41-43-45-48-51-54-57-60-63-66-72(75)78-69-70(68-77-71(74)65-62-59-56-53-50-47-44-30-27-24-21-18-15-12-9-6-3)79-73(76)67-64-61-58-55-52-49-46-42-32-29-26-23-20-17-14-11-8-5-2/h21,24,30-31,33,44,70H,4-20,22-23,25-29,32,34-43,45-69H2,1-3H3/b24-21-,33-31-,44-30-. The van der Waals surface area contributed by atoms with Gasteiger partial charge >= 0.3 is 17.9 Å². The van der Waals surface area contributed by atoms with Crippen molar-refractivity contribution in [2.24, 2.45) is 0 Å². The maximum Gasteiger partial charge on any atom is 0.306 e. The fourth-order valence-electron chi connectivity index (χ4n) is 10.8. The second kappa shape index (κ2) is 68.1. The molecule has 0 N–H and O–H groups in total. The monoisotopic (exact) mass is 1110 g/mol. The molecule has 0 aliphatic rings. The van der Waals surface area contributed by atoms with Gasteiger partial charge in [-0.25, -0.2) is 0 Å². The molecular weight excluding hydrogens is 973 g/mol. The summed E-state index contributed by atoms with van der Waals surface area (Å²) in [4.78, 5) is 38.4. The van der Waals surface area contributed by atoms with Crippen molar-refractivity contribution in [3.05, 3.63) is 36.5 Å². The zero-order valence-corrected chi connectivity index (χ0v) is 53.4. The summed E-state index contributed by atoms with van der Waals surface area (Å²) in [5.41, 5.74) is 0. The highest BCUT2D eigenvalue weighted by Gasteiger charge is 2.19. The van der Waals surface area contributed by atoms with Crippen molar-refractivity contribution < 1.29 is 28.6 Å². The first-order valence-electron chi connectivity index (χ1n) is 35.5. The van der Waals surface area contributed by atoms with E-state index in [4.69, 9.17) is 14.2 Å². The summed E-state index contributed by atoms with van der Waals surface area (Å²) in [6.45, 7) is 6.69. The first-order valence-corrected chi connectivity index (χ1v) is 35.5. The smallest absolute Gasteiger partial charge is 0.306 e. The molecular formula is C73H136O6. The molecule has 0 radical (unpaired) electrons. The van der Waals surface area contributed by atoms with Gasteiger partial charge in [-0.3, -0.25) is 14.4 Å². The summed E-state index contributed by atoms with van der Waals surface area (Å²) < 4.78 is 17.0. The Morgan fingerprint density at radius 3 is 0.722 bits per heavy atom. The van der Waals surface area contributed by atoms with E-state index < -0.39 is 6.10 Å². The number of hydrogen-bond acceptors (Lipinski definition) is 6. The molecule has 0 rings (SSSR count). The van der Waals surface area contributed by atoms with Crippen LogP contribution in [-0.2, 0) is 28.6 Å². The van der Waals surface area contributed by atoms with E-state index in [1.54, 1.807) is 0 Å². The summed E-state index contributed by atoms with van der Waals surface area (Å²) in [5.74, 6) is -0.856. The van der Waals surface area contributed by atoms with Crippen LogP contribution in [0.3, 0.4) is 0 Å². The SMILES string of the molecule is CCCCCC/C=C\C/C=C\CCCCCCCC(=O)OCC(COC(=O)CCCCCCCCCCCCCCCCC/C=C\CCCCCCCCCC)OC(=O)CCCCCCCCCCCCCCCCCCCC. The van der Waals surface area contributed by atoms with Crippen molar-refractivity contribution in [2.45, 2.75) is 399 Å². The predicted molar refractivity (Wildman–Crippen MR) is 344 cm³/mol. The quantitative estimate of drug-likeness (QED) is 0.0261. The summed E-state index contributed by atoms with van der Waals surface area (Å²) in [6, 6.07) is 0. The Morgan fingerprint density at radius 2 is 0.456 bits per heavy atom. The van der Waals surface area contributed by atoms with Gasteiger partial charge in [0.05, 0.1) is 0 Å². The van der Waals surface area contributed by atoms with Crippen molar-refractivity contribution in [1.82, 2.24) is 0 Å². The third-order valence-electron chi connectivity index (χ3n) is 16.1. The molecule has 0 aromatic rings. The number of rotatable bonds is 66. The van der Waals surface area contributed by atoms with Gasteiger partial charge in [0, 0.05) is 19.3 Å². The Balaban J connectivity index is 4.25. The Morgan fingerprint density at radius 1 is 0.253 bits per heavy atom. The average Bonchev–Trinajstić information content (AvgIpc) is 3.45. The number of carbonyl (C=O) groups is 3. The van der Waals surface area contributed by atoms with Gasteiger partial charge in [0.15, 0.2) is 6.10 Å². The van der Waals surface area contributed by atoms with Gasteiger partial charge < -0.3 is 14.2 Å². The molecule has 0 amide bonds. The lowest BCUT2D eigenvalue weighted by atomic mass is 10.0. The first-order chi connectivity index (χ1) is 39.0. The lowest BCUT2D eigenvalue weighted by Gasteiger charge is -2.18. The molecule has 0 saturated carbocycles. The molecule has 0 fully saturated rings. The number of carbonyl (C=O) groups excluding carboxylic acids is 3. The van der Waals surface area contributed by atoms with Crippen LogP contribution in [-0.4, -0.2) is 37.2 Å². The average molecular weight is 1110 g/mol. The summed E-state index contributed by atoms with van der Waals surface area (Å²) >= 11 is 0. The molecule has 0 aliphatic heterocycles. The highest BCUT2D eigenvalue weighted by Crippen LogP contribution is 2.18. The molecule has 0 aromatic carbocycles. The second-order valence-corrected chi connectivity index (χ2v) is 24.1. The van der Waals surface area contributed by atoms with Crippen LogP contribution in [0.5, 0.6) is 0 Å². The molecule has 0 bridgehead atoms. The van der Waals surface area contributed by atoms with E-state index in [9.17, 15) is 14.4 Å². The van der Waals surface area contributed by atoms with Gasteiger partial charge in [0.1, 0.15) is 13.2 Å². The van der Waals surface area contributed by atoms with E-state index >= 15 is 0 Å². The minimum atomic E-state index is -0.776. The molecule has 6 heteroatoms. The van der Waals surface area contributed by atoms with Crippen LogP contribution < -0.4 is 0 Å². The molecule has 1 unspecified atom stereocenters. The maximum absolute atomic E-state index is 12.9. The Labute approximate surface area is 493 Å². The van der Waals surface area contributed by atoms with Crippen LogP contribution in [0, 0.1) is 0 Å². The van der Waals surface area contributed by atoms with E-state index in [1.165, 1.54) is 276 Å². The summed E-state index contributed by atoms with van der Waals surface area (Å²) in [5, 5.41) is 0. The van der Waals surface area contributed by atoms with E-state index in [-0.39, 0.29) is 31.1 Å². The fraction of sp³-hybridized carbons (Fsp3) is 0.877. The molecule has 0 saturated heterocycles. The fourth-order valence-corrected chi connectivity index (χ4v) is 10.8. The Kier molecular flexibility index (Phi) is 66.1. The van der Waals surface area contributed by atoms with Gasteiger partial charge in [0.2, 0.25) is 0 Å². The van der Waals surface area contributed by atoms with E-state index in [0.717, 1.165) is 77.0 Å². The van der Waals surface area contributed by atoms with Crippen LogP contribution in [0.4, 0.5) is 0 Å². The predicted octanol–water partition coefficient (Wildman–Crippen LogP) is 24.3. The van der Waals surface area contributed by atoms with Gasteiger partial charge in [-0.1, -0.05) is 333 Å². The van der Waals surface area contributed by atoms with Gasteiger partial charge in [-0.05, 0) is 77.0 Å². The largest absolute Gasteiger partial charge is 0.462 e. The molecule has 1 atom stereocenters. The first kappa shape index (κ1) is 76.6. The van der Waals surface area contributed by atoms with Crippen LogP contribution in [0.15, 0.2) is 36.5 Å². The molecule has 0 spiro atoms. The second-order valence-electron chi connectivity index (χ2n) is 24.1. The highest BCUT2D eigenvalue weighted by atomic mass is 16.6. The minimum Gasteiger partial charge on any atom is -0.462 e. The number of allylic oxidation sites excluding steroid dienone is 6. The van der Waals surface area contributed by atoms with E-state index in [2.05, 4.69) is 57.2 Å². The van der Waals surface area contributed by atoms with Crippen LogP contribution in [0.2, 0.25) is 0 Å². The summed E-state index contributed by atoms with van der Waals surface area (Å²) in [6.07, 6.45) is 84.6. The minimum absolute atomic E-state index is 0.0713. The van der Waals surface area contributed by atoms with Gasteiger partial charge in [-0.15, -0.1) is 0 Å². The van der Waals surface area contributed by atoms with Crippen molar-refractivity contribution in [3.63, 3.8) is 0 Å². The zero-order chi connectivity index (χ0) is 57.1. The summed E-state index contributed by atoms with van der Waals surface area (Å²) in [7, 11) is 0. The lowest BCUT2D eigenvalue weighted by molar-refractivity contribution is -0.167. The number of ether oxygens (including phenoxy) is 3. The topological polar surface area (TPSA) is 78.9 Å². The molecule has 79 heavy (non-hydrogen) atoms. The molecule has 0 aromatic heterocycles. The number of esters is 3. The van der Waals surface area contributed by atoms with Crippen LogP contribution in [0.25, 0.3) is 0 Å². The van der Waals surface area contributed by atoms with Gasteiger partial charge in [-0.2, -0.15) is 0 Å². The van der Waals surface area contributed by atoms with Crippen molar-refractivity contribution >= 4 is 17.9 Å². The molecule has 6 nitrogen and oxygen atoms in total. The molecule has 0 aliphatic carbocycles. The third kappa shape index (κ3) is 66.3. The van der Waals surface area contributed by atoms with Crippen molar-refractivity contribution in [3.8, 4) is 0 Å². The van der Waals surface area contributed by atoms with E-state index in [1.807, 2.05) is 0 Å². The molecule has 0 heterocycles. The number of hydrogen-bond donors (Lipinski definition) is 0. The third-order valence-corrected chi connectivity index (χ3v) is 16.1. The lowest BCUT2D eigenvalue weighted by Crippen LogP contribution is -2.30. The van der Waals surface area contributed by atoms with Crippen molar-refractivity contribution in [2.75, 3.05) is 13.2 Å². The highest BCUT2D eigenvalue weighted by molar-refractivity contribution is 5.71. The maximum atomic E-state index is 12.9. The Hall–Kier alpha value is -2.37. The van der Waals surface area contributed by atoms with E-state index in [0.29, 0.717) is 19.3 Å². The van der Waals surface area contributed by atoms with Gasteiger partial charge in [0.25, 0.3) is 0 Å². The van der Waals surface area contributed by atoms with Crippen LogP contribution in [0.1, 0.15) is 393 Å². The number of unbranched alkanes of at least 4 members (excludes halogenated alkanes) is 49. The van der Waals surface area contributed by atoms with Crippen molar-refractivity contribution in [1.29, 1.82) is 0 Å². The zero-order valence-electron chi connectivity index (χ0n) is 53.4. The normalized spacial score (nSPS) is 12.2. The Bertz CT molecular complexity index is 1320. The molecule has 464 valence electrons. The van der Waals surface area contributed by atoms with Crippen LogP contribution >= 0.6 is 0 Å².